The highest BCUT2D eigenvalue weighted by molar-refractivity contribution is 9.10. The predicted octanol–water partition coefficient (Wildman–Crippen LogP) is 4.14. The number of nitrogens with one attached hydrogen (secondary N) is 2. The van der Waals surface area contributed by atoms with Gasteiger partial charge >= 0.3 is 0 Å². The van der Waals surface area contributed by atoms with Crippen LogP contribution in [0.5, 0.6) is 0 Å². The van der Waals surface area contributed by atoms with Crippen molar-refractivity contribution in [1.82, 2.24) is 10.1 Å². The quantitative estimate of drug-likeness (QED) is 0.719. The number of benzene rings is 1. The Morgan fingerprint density at radius 3 is 2.74 bits per heavy atom. The lowest BCUT2D eigenvalue weighted by Crippen LogP contribution is -2.12. The average Bonchev–Trinajstić information content (AvgIpc) is 2.95. The normalized spacial score (nSPS) is 10.3. The molecule has 6 nitrogen and oxygen atoms in total. The molecule has 0 fully saturated rings. The van der Waals surface area contributed by atoms with E-state index in [1.807, 2.05) is 24.3 Å². The van der Waals surface area contributed by atoms with Crippen molar-refractivity contribution >= 4 is 39.2 Å². The van der Waals surface area contributed by atoms with Crippen molar-refractivity contribution in [2.45, 2.75) is 6.92 Å². The fourth-order valence-electron chi connectivity index (χ4n) is 1.95. The van der Waals surface area contributed by atoms with Crippen molar-refractivity contribution in [3.63, 3.8) is 0 Å². The molecular formula is C16H13BrN4O2. The first-order valence-corrected chi connectivity index (χ1v) is 7.63. The third kappa shape index (κ3) is 3.75. The van der Waals surface area contributed by atoms with Gasteiger partial charge in [0.1, 0.15) is 11.6 Å². The molecule has 0 atom stereocenters. The summed E-state index contributed by atoms with van der Waals surface area (Å²) < 4.78 is 5.80. The number of rotatable bonds is 4. The van der Waals surface area contributed by atoms with Crippen LogP contribution in [0, 0.1) is 6.92 Å². The molecular weight excluding hydrogens is 360 g/mol. The summed E-state index contributed by atoms with van der Waals surface area (Å²) in [7, 11) is 0. The largest absolute Gasteiger partial charge is 0.360 e. The molecule has 0 bridgehead atoms. The van der Waals surface area contributed by atoms with Crippen molar-refractivity contribution < 1.29 is 9.32 Å². The molecule has 116 valence electrons. The van der Waals surface area contributed by atoms with Gasteiger partial charge in [0.25, 0.3) is 5.91 Å². The van der Waals surface area contributed by atoms with Crippen LogP contribution in [0.15, 0.2) is 57.7 Å². The number of anilines is 3. The molecule has 0 saturated heterocycles. The number of nitrogens with zero attached hydrogens (tertiary/aromatic N) is 2. The Hall–Kier alpha value is -2.67. The van der Waals surface area contributed by atoms with Gasteiger partial charge in [0.15, 0.2) is 5.82 Å². The molecule has 0 spiro atoms. The third-order valence-corrected chi connectivity index (χ3v) is 3.72. The molecule has 1 aromatic carbocycles. The molecule has 0 unspecified atom stereocenters. The zero-order valence-corrected chi connectivity index (χ0v) is 13.8. The van der Waals surface area contributed by atoms with Crippen molar-refractivity contribution in [3.05, 3.63) is 64.5 Å². The van der Waals surface area contributed by atoms with Gasteiger partial charge in [-0.25, -0.2) is 4.98 Å². The zero-order valence-electron chi connectivity index (χ0n) is 12.2. The minimum absolute atomic E-state index is 0.223. The predicted molar refractivity (Wildman–Crippen MR) is 90.9 cm³/mol. The van der Waals surface area contributed by atoms with E-state index in [0.29, 0.717) is 28.6 Å². The molecule has 2 aromatic heterocycles. The number of pyridine rings is 1. The lowest BCUT2D eigenvalue weighted by Gasteiger charge is -2.08. The third-order valence-electron chi connectivity index (χ3n) is 3.03. The molecule has 7 heteroatoms. The van der Waals surface area contributed by atoms with E-state index in [4.69, 9.17) is 4.52 Å². The van der Waals surface area contributed by atoms with E-state index in [0.717, 1.165) is 4.47 Å². The lowest BCUT2D eigenvalue weighted by atomic mass is 10.2. The number of carbonyl (C=O) groups is 1. The second-order valence-electron chi connectivity index (χ2n) is 4.81. The molecule has 0 saturated carbocycles. The number of aryl methyl sites for hydroxylation is 1. The highest BCUT2D eigenvalue weighted by Crippen LogP contribution is 2.22. The second-order valence-corrected chi connectivity index (χ2v) is 5.67. The fraction of sp³-hybridized carbons (Fsp3) is 0.0625. The summed E-state index contributed by atoms with van der Waals surface area (Å²) >= 11 is 3.40. The maximum Gasteiger partial charge on any atom is 0.255 e. The van der Waals surface area contributed by atoms with Crippen molar-refractivity contribution in [1.29, 1.82) is 0 Å². The monoisotopic (exact) mass is 372 g/mol. The van der Waals surface area contributed by atoms with Gasteiger partial charge in [-0.1, -0.05) is 17.3 Å². The second kappa shape index (κ2) is 6.62. The Kier molecular flexibility index (Phi) is 4.38. The van der Waals surface area contributed by atoms with Crippen LogP contribution in [0.1, 0.15) is 16.1 Å². The summed E-state index contributed by atoms with van der Waals surface area (Å²) in [4.78, 5) is 16.5. The number of aromatic nitrogens is 2. The van der Waals surface area contributed by atoms with Gasteiger partial charge in [-0.3, -0.25) is 4.79 Å². The van der Waals surface area contributed by atoms with Crippen LogP contribution in [0.25, 0.3) is 0 Å². The summed E-state index contributed by atoms with van der Waals surface area (Å²) in [5.74, 6) is 1.52. The van der Waals surface area contributed by atoms with Crippen molar-refractivity contribution in [2.24, 2.45) is 0 Å². The lowest BCUT2D eigenvalue weighted by molar-refractivity contribution is 0.102. The van der Waals surface area contributed by atoms with E-state index >= 15 is 0 Å². The Labute approximate surface area is 141 Å². The molecule has 0 radical (unpaired) electrons. The molecule has 0 aliphatic carbocycles. The summed E-state index contributed by atoms with van der Waals surface area (Å²) in [6, 6.07) is 12.5. The van der Waals surface area contributed by atoms with Crippen LogP contribution in [-0.2, 0) is 0 Å². The molecule has 0 aliphatic rings. The SMILES string of the molecule is Cc1cc(Nc2cc(C(=O)Nc3ccccc3Br)ccn2)no1. The van der Waals surface area contributed by atoms with Crippen LogP contribution in [0.2, 0.25) is 0 Å². The fourth-order valence-corrected chi connectivity index (χ4v) is 2.34. The average molecular weight is 373 g/mol. The van der Waals surface area contributed by atoms with Gasteiger partial charge < -0.3 is 15.2 Å². The number of amides is 1. The number of hydrogen-bond acceptors (Lipinski definition) is 5. The van der Waals surface area contributed by atoms with Crippen LogP contribution in [0.4, 0.5) is 17.3 Å². The van der Waals surface area contributed by atoms with E-state index in [2.05, 4.69) is 36.7 Å². The van der Waals surface area contributed by atoms with Gasteiger partial charge in [0.2, 0.25) is 0 Å². The smallest absolute Gasteiger partial charge is 0.255 e. The molecule has 3 rings (SSSR count). The maximum absolute atomic E-state index is 12.4. The molecule has 2 N–H and O–H groups in total. The van der Waals surface area contributed by atoms with E-state index in [1.54, 1.807) is 31.3 Å². The number of halogens is 1. The topological polar surface area (TPSA) is 80.0 Å². The molecule has 23 heavy (non-hydrogen) atoms. The summed E-state index contributed by atoms with van der Waals surface area (Å²) in [5.41, 5.74) is 1.19. The summed E-state index contributed by atoms with van der Waals surface area (Å²) in [6.45, 7) is 1.80. The minimum atomic E-state index is -0.223. The molecule has 2 heterocycles. The van der Waals surface area contributed by atoms with Gasteiger partial charge in [0.05, 0.1) is 5.69 Å². The molecule has 3 aromatic rings. The first-order valence-electron chi connectivity index (χ1n) is 6.84. The van der Waals surface area contributed by atoms with Gasteiger partial charge in [-0.2, -0.15) is 0 Å². The summed E-state index contributed by atoms with van der Waals surface area (Å²) in [6.07, 6.45) is 1.56. The first kappa shape index (κ1) is 15.2. The van der Waals surface area contributed by atoms with Crippen LogP contribution in [0.3, 0.4) is 0 Å². The maximum atomic E-state index is 12.4. The Morgan fingerprint density at radius 1 is 1.17 bits per heavy atom. The highest BCUT2D eigenvalue weighted by Gasteiger charge is 2.10. The number of carbonyl (C=O) groups excluding carboxylic acids is 1. The van der Waals surface area contributed by atoms with Crippen LogP contribution in [-0.4, -0.2) is 16.0 Å². The van der Waals surface area contributed by atoms with E-state index in [9.17, 15) is 4.79 Å². The zero-order chi connectivity index (χ0) is 16.2. The van der Waals surface area contributed by atoms with E-state index < -0.39 is 0 Å². The van der Waals surface area contributed by atoms with Gasteiger partial charge in [0, 0.05) is 22.3 Å². The van der Waals surface area contributed by atoms with Crippen LogP contribution >= 0.6 is 15.9 Å². The number of para-hydroxylation sites is 1. The molecule has 0 aliphatic heterocycles. The highest BCUT2D eigenvalue weighted by atomic mass is 79.9. The van der Waals surface area contributed by atoms with Crippen molar-refractivity contribution in [2.75, 3.05) is 10.6 Å². The molecule has 1 amide bonds. The van der Waals surface area contributed by atoms with Crippen molar-refractivity contribution in [3.8, 4) is 0 Å². The minimum Gasteiger partial charge on any atom is -0.360 e. The van der Waals surface area contributed by atoms with E-state index in [1.165, 1.54) is 0 Å². The van der Waals surface area contributed by atoms with Gasteiger partial charge in [-0.05, 0) is 47.1 Å². The van der Waals surface area contributed by atoms with E-state index in [-0.39, 0.29) is 5.91 Å². The Morgan fingerprint density at radius 2 is 2.00 bits per heavy atom. The standard InChI is InChI=1S/C16H13BrN4O2/c1-10-8-15(21-23-10)20-14-9-11(6-7-18-14)16(22)19-13-5-3-2-4-12(13)17/h2-9H,1H3,(H,19,22)(H,18,20,21). The summed E-state index contributed by atoms with van der Waals surface area (Å²) in [5, 5.41) is 9.67. The number of hydrogen-bond donors (Lipinski definition) is 2. The Bertz CT molecular complexity index is 847. The Balaban J connectivity index is 1.76. The van der Waals surface area contributed by atoms with Crippen LogP contribution < -0.4 is 10.6 Å². The first-order chi connectivity index (χ1) is 11.1. The van der Waals surface area contributed by atoms with Gasteiger partial charge in [-0.15, -0.1) is 0 Å².